The van der Waals surface area contributed by atoms with Crippen LogP contribution in [0, 0.1) is 0 Å². The first kappa shape index (κ1) is 14.3. The van der Waals surface area contributed by atoms with Gasteiger partial charge in [-0.25, -0.2) is 5.01 Å². The van der Waals surface area contributed by atoms with Gasteiger partial charge in [0.15, 0.2) is 0 Å². The summed E-state index contributed by atoms with van der Waals surface area (Å²) in [5.41, 5.74) is 3.20. The molecule has 0 saturated carbocycles. The van der Waals surface area contributed by atoms with Crippen LogP contribution in [0.3, 0.4) is 0 Å². The molecule has 1 aromatic carbocycles. The zero-order chi connectivity index (χ0) is 15.5. The van der Waals surface area contributed by atoms with Gasteiger partial charge in [-0.3, -0.25) is 15.0 Å². The molecule has 0 aliphatic carbocycles. The first-order valence-electron chi connectivity index (χ1n) is 6.48. The molecular weight excluding hydrogens is 348 g/mol. The summed E-state index contributed by atoms with van der Waals surface area (Å²) in [5, 5.41) is 1.22. The van der Waals surface area contributed by atoms with Crippen molar-refractivity contribution in [2.24, 2.45) is 0 Å². The Bertz CT molecular complexity index is 778. The van der Waals surface area contributed by atoms with Crippen molar-refractivity contribution in [1.82, 2.24) is 5.43 Å². The smallest absolute Gasteiger partial charge is 0.282 e. The van der Waals surface area contributed by atoms with E-state index in [1.165, 1.54) is 11.1 Å². The maximum atomic E-state index is 12.3. The van der Waals surface area contributed by atoms with Crippen LogP contribution in [-0.4, -0.2) is 11.8 Å². The Balaban J connectivity index is 1.82. The third kappa shape index (κ3) is 2.87. The van der Waals surface area contributed by atoms with Crippen LogP contribution in [0.4, 0.5) is 5.69 Å². The standard InChI is InChI=1S/C16H11BrN2O3/c17-11-4-1-5-12(10-11)19-16(21)14(15(20)18-19)8-2-6-13-7-3-9-22-13/h1-10H,(H,18,20)/b6-2+,14-8-. The van der Waals surface area contributed by atoms with Crippen LogP contribution in [0.5, 0.6) is 0 Å². The van der Waals surface area contributed by atoms with Crippen LogP contribution >= 0.6 is 15.9 Å². The lowest BCUT2D eigenvalue weighted by Gasteiger charge is -2.14. The van der Waals surface area contributed by atoms with E-state index in [-0.39, 0.29) is 5.57 Å². The number of halogens is 1. The highest BCUT2D eigenvalue weighted by atomic mass is 79.9. The minimum atomic E-state index is -0.436. The van der Waals surface area contributed by atoms with Gasteiger partial charge in [-0.05, 0) is 42.5 Å². The second kappa shape index (κ2) is 6.03. The maximum absolute atomic E-state index is 12.3. The second-order valence-electron chi connectivity index (χ2n) is 4.52. The fraction of sp³-hybridized carbons (Fsp3) is 0. The van der Waals surface area contributed by atoms with Crippen molar-refractivity contribution >= 4 is 39.5 Å². The monoisotopic (exact) mass is 358 g/mol. The number of furan rings is 1. The van der Waals surface area contributed by atoms with Crippen molar-refractivity contribution in [3.63, 3.8) is 0 Å². The van der Waals surface area contributed by atoms with Crippen molar-refractivity contribution in [1.29, 1.82) is 0 Å². The Hall–Kier alpha value is -2.60. The number of amides is 2. The quantitative estimate of drug-likeness (QED) is 0.677. The van der Waals surface area contributed by atoms with Gasteiger partial charge >= 0.3 is 0 Å². The van der Waals surface area contributed by atoms with Gasteiger partial charge in [0, 0.05) is 4.47 Å². The van der Waals surface area contributed by atoms with Gasteiger partial charge in [0.05, 0.1) is 12.0 Å². The van der Waals surface area contributed by atoms with Gasteiger partial charge in [-0.1, -0.05) is 28.1 Å². The third-order valence-electron chi connectivity index (χ3n) is 3.02. The lowest BCUT2D eigenvalue weighted by molar-refractivity contribution is -0.117. The lowest BCUT2D eigenvalue weighted by Crippen LogP contribution is -2.35. The number of benzene rings is 1. The first-order chi connectivity index (χ1) is 10.6. The highest BCUT2D eigenvalue weighted by molar-refractivity contribution is 9.10. The van der Waals surface area contributed by atoms with Crippen molar-refractivity contribution < 1.29 is 14.0 Å². The maximum Gasteiger partial charge on any atom is 0.282 e. The summed E-state index contributed by atoms with van der Waals surface area (Å²) in [7, 11) is 0. The molecule has 22 heavy (non-hydrogen) atoms. The number of carbonyl (C=O) groups is 2. The fourth-order valence-corrected chi connectivity index (χ4v) is 2.39. The normalized spacial score (nSPS) is 16.8. The van der Waals surface area contributed by atoms with Crippen molar-refractivity contribution in [2.45, 2.75) is 0 Å². The molecule has 1 N–H and O–H groups in total. The van der Waals surface area contributed by atoms with Crippen LogP contribution in [0.1, 0.15) is 5.76 Å². The summed E-state index contributed by atoms with van der Waals surface area (Å²) in [6.45, 7) is 0. The minimum absolute atomic E-state index is 0.0720. The molecule has 0 bridgehead atoms. The molecule has 1 aromatic heterocycles. The predicted molar refractivity (Wildman–Crippen MR) is 85.6 cm³/mol. The van der Waals surface area contributed by atoms with E-state index < -0.39 is 11.8 Å². The fourth-order valence-electron chi connectivity index (χ4n) is 2.00. The van der Waals surface area contributed by atoms with Crippen LogP contribution in [0.2, 0.25) is 0 Å². The van der Waals surface area contributed by atoms with Gasteiger partial charge in [0.1, 0.15) is 11.3 Å². The molecule has 110 valence electrons. The molecule has 1 fully saturated rings. The molecule has 1 aliphatic heterocycles. The molecule has 0 spiro atoms. The third-order valence-corrected chi connectivity index (χ3v) is 3.52. The lowest BCUT2D eigenvalue weighted by atomic mass is 10.2. The number of rotatable bonds is 3. The Kier molecular flexibility index (Phi) is 3.93. The largest absolute Gasteiger partial charge is 0.465 e. The number of nitrogens with one attached hydrogen (secondary N) is 1. The van der Waals surface area contributed by atoms with Gasteiger partial charge in [-0.2, -0.15) is 0 Å². The SMILES string of the molecule is O=C1NN(c2cccc(Br)c2)C(=O)/C1=C\C=C\c1ccco1. The molecule has 2 aromatic rings. The van der Waals surface area contributed by atoms with E-state index in [2.05, 4.69) is 21.4 Å². The average molecular weight is 359 g/mol. The summed E-state index contributed by atoms with van der Waals surface area (Å²) in [6.07, 6.45) is 6.30. The number of hydrazine groups is 1. The number of allylic oxidation sites excluding steroid dienone is 2. The van der Waals surface area contributed by atoms with E-state index in [9.17, 15) is 9.59 Å². The zero-order valence-corrected chi connectivity index (χ0v) is 12.9. The van der Waals surface area contributed by atoms with Crippen molar-refractivity contribution in [2.75, 3.05) is 5.01 Å². The van der Waals surface area contributed by atoms with Gasteiger partial charge in [0.2, 0.25) is 0 Å². The summed E-state index contributed by atoms with van der Waals surface area (Å²) < 4.78 is 5.96. The summed E-state index contributed by atoms with van der Waals surface area (Å²) >= 11 is 3.34. The minimum Gasteiger partial charge on any atom is -0.465 e. The molecule has 6 heteroatoms. The molecule has 1 saturated heterocycles. The Morgan fingerprint density at radius 1 is 1.18 bits per heavy atom. The van der Waals surface area contributed by atoms with E-state index in [1.807, 2.05) is 6.07 Å². The number of hydrogen-bond donors (Lipinski definition) is 1. The Morgan fingerprint density at radius 2 is 2.05 bits per heavy atom. The Labute approximate surface area is 135 Å². The average Bonchev–Trinajstić information content (AvgIpc) is 3.10. The summed E-state index contributed by atoms with van der Waals surface area (Å²) in [6, 6.07) is 10.7. The zero-order valence-electron chi connectivity index (χ0n) is 11.3. The molecule has 0 unspecified atom stereocenters. The number of anilines is 1. The molecule has 3 rings (SSSR count). The van der Waals surface area contributed by atoms with E-state index in [0.29, 0.717) is 11.4 Å². The van der Waals surface area contributed by atoms with Gasteiger partial charge in [0.25, 0.3) is 11.8 Å². The van der Waals surface area contributed by atoms with Crippen LogP contribution in [0.25, 0.3) is 6.08 Å². The van der Waals surface area contributed by atoms with Crippen molar-refractivity contribution in [3.8, 4) is 0 Å². The topological polar surface area (TPSA) is 62.6 Å². The highest BCUT2D eigenvalue weighted by Crippen LogP contribution is 2.23. The summed E-state index contributed by atoms with van der Waals surface area (Å²) in [4.78, 5) is 24.3. The molecule has 2 amide bonds. The molecular formula is C16H11BrN2O3. The van der Waals surface area contributed by atoms with E-state index in [4.69, 9.17) is 4.42 Å². The van der Waals surface area contributed by atoms with Gasteiger partial charge < -0.3 is 4.42 Å². The van der Waals surface area contributed by atoms with E-state index in [0.717, 1.165) is 4.47 Å². The summed E-state index contributed by atoms with van der Waals surface area (Å²) in [5.74, 6) is -0.187. The van der Waals surface area contributed by atoms with Crippen molar-refractivity contribution in [3.05, 3.63) is 70.6 Å². The Morgan fingerprint density at radius 3 is 2.77 bits per heavy atom. The first-order valence-corrected chi connectivity index (χ1v) is 7.27. The van der Waals surface area contributed by atoms with E-state index in [1.54, 1.807) is 48.7 Å². The molecule has 0 radical (unpaired) electrons. The molecule has 5 nitrogen and oxygen atoms in total. The number of nitrogens with zero attached hydrogens (tertiary/aromatic N) is 1. The van der Waals surface area contributed by atoms with E-state index >= 15 is 0 Å². The van der Waals surface area contributed by atoms with Crippen LogP contribution in [0.15, 0.2) is 69.3 Å². The second-order valence-corrected chi connectivity index (χ2v) is 5.43. The van der Waals surface area contributed by atoms with Gasteiger partial charge in [-0.15, -0.1) is 0 Å². The number of carbonyl (C=O) groups excluding carboxylic acids is 2. The molecule has 1 aliphatic rings. The molecule has 2 heterocycles. The van der Waals surface area contributed by atoms with Crippen LogP contribution < -0.4 is 10.4 Å². The number of hydrogen-bond acceptors (Lipinski definition) is 3. The molecule has 0 atom stereocenters. The predicted octanol–water partition coefficient (Wildman–Crippen LogP) is 3.06. The highest BCUT2D eigenvalue weighted by Gasteiger charge is 2.33. The van der Waals surface area contributed by atoms with Crippen LogP contribution in [-0.2, 0) is 9.59 Å².